The Bertz CT molecular complexity index is 1580. The third kappa shape index (κ3) is 6.64. The van der Waals surface area contributed by atoms with Crippen molar-refractivity contribution in [2.75, 3.05) is 11.5 Å². The third-order valence-corrected chi connectivity index (χ3v) is 9.35. The fourth-order valence-electron chi connectivity index (χ4n) is 6.76. The van der Waals surface area contributed by atoms with Gasteiger partial charge in [-0.25, -0.2) is 4.90 Å². The number of benzene rings is 2. The van der Waals surface area contributed by atoms with Crippen molar-refractivity contribution in [3.8, 4) is 5.75 Å². The van der Waals surface area contributed by atoms with Crippen LogP contribution in [0.25, 0.3) is 6.08 Å². The molecule has 0 unspecified atom stereocenters. The predicted molar refractivity (Wildman–Crippen MR) is 159 cm³/mol. The molecule has 2 saturated heterocycles. The van der Waals surface area contributed by atoms with Crippen molar-refractivity contribution in [2.45, 2.75) is 57.4 Å². The van der Waals surface area contributed by atoms with Crippen molar-refractivity contribution in [1.29, 1.82) is 0 Å². The van der Waals surface area contributed by atoms with E-state index in [0.29, 0.717) is 46.6 Å². The summed E-state index contributed by atoms with van der Waals surface area (Å²) in [5.41, 5.74) is -1.83. The molecule has 2 heterocycles. The highest BCUT2D eigenvalue weighted by Crippen LogP contribution is 2.52. The molecule has 2 fully saturated rings. The number of carbonyl (C=O) groups is 2. The van der Waals surface area contributed by atoms with Crippen LogP contribution >= 0.6 is 15.9 Å². The molecule has 0 radical (unpaired) electrons. The SMILES string of the molecule is CC/C(=C\c1cc(Br)ccc1O)CC[C@H]1OB(O)C[C@H]2C1=C(CO)C[C@H]1C(=O)N(c3cc(C(F)(F)F)cc(C(F)(F)F)c3)C(=O)[C@H]12. The number of aromatic hydroxyl groups is 1. The zero-order valence-electron chi connectivity index (χ0n) is 24.3. The summed E-state index contributed by atoms with van der Waals surface area (Å²) in [4.78, 5) is 27.7. The lowest BCUT2D eigenvalue weighted by Crippen LogP contribution is -2.46. The maximum absolute atomic E-state index is 13.8. The highest BCUT2D eigenvalue weighted by Gasteiger charge is 2.58. The van der Waals surface area contributed by atoms with E-state index in [2.05, 4.69) is 15.9 Å². The average molecular weight is 716 g/mol. The molecule has 3 aliphatic rings. The molecule has 15 heteroatoms. The molecule has 2 aromatic carbocycles. The summed E-state index contributed by atoms with van der Waals surface area (Å²) in [5.74, 6) is -5.10. The number of imide groups is 1. The molecule has 3 N–H and O–H groups in total. The first-order valence-electron chi connectivity index (χ1n) is 14.5. The number of alkyl halides is 6. The van der Waals surface area contributed by atoms with Gasteiger partial charge in [0, 0.05) is 10.0 Å². The Morgan fingerprint density at radius 3 is 2.28 bits per heavy atom. The van der Waals surface area contributed by atoms with Crippen molar-refractivity contribution >= 4 is 46.6 Å². The highest BCUT2D eigenvalue weighted by molar-refractivity contribution is 9.10. The lowest BCUT2D eigenvalue weighted by atomic mass is 9.58. The molecule has 0 bridgehead atoms. The van der Waals surface area contributed by atoms with E-state index in [1.54, 1.807) is 12.1 Å². The number of amides is 2. The Morgan fingerprint density at radius 1 is 1.04 bits per heavy atom. The fraction of sp³-hybridized carbons (Fsp3) is 0.419. The summed E-state index contributed by atoms with van der Waals surface area (Å²) in [6.45, 7) is 1.38. The van der Waals surface area contributed by atoms with Gasteiger partial charge in [-0.3, -0.25) is 9.59 Å². The van der Waals surface area contributed by atoms with Gasteiger partial charge in [-0.1, -0.05) is 34.5 Å². The van der Waals surface area contributed by atoms with Gasteiger partial charge < -0.3 is 19.9 Å². The Hall–Kier alpha value is -3.14. The largest absolute Gasteiger partial charge is 0.507 e. The van der Waals surface area contributed by atoms with Gasteiger partial charge in [0.1, 0.15) is 5.75 Å². The summed E-state index contributed by atoms with van der Waals surface area (Å²) < 4.78 is 88.1. The lowest BCUT2D eigenvalue weighted by Gasteiger charge is -2.43. The van der Waals surface area contributed by atoms with Gasteiger partial charge in [-0.15, -0.1) is 0 Å². The number of carbonyl (C=O) groups excluding carboxylic acids is 2. The molecule has 0 aromatic heterocycles. The van der Waals surface area contributed by atoms with Gasteiger partial charge in [0.15, 0.2) is 0 Å². The number of fused-ring (bicyclic) bond motifs is 3. The van der Waals surface area contributed by atoms with Crippen LogP contribution in [0.15, 0.2) is 57.6 Å². The molecule has 246 valence electrons. The second-order valence-electron chi connectivity index (χ2n) is 11.6. The Morgan fingerprint density at radius 2 is 1.70 bits per heavy atom. The zero-order valence-corrected chi connectivity index (χ0v) is 25.9. The van der Waals surface area contributed by atoms with Gasteiger partial charge in [-0.05, 0) is 85.5 Å². The molecule has 46 heavy (non-hydrogen) atoms. The number of halogens is 7. The number of nitrogens with zero attached hydrogens (tertiary/aromatic N) is 1. The summed E-state index contributed by atoms with van der Waals surface area (Å²) in [7, 11) is -1.39. The standard InChI is InChI=1S/C31H29BBrF6NO6/c1-2-15(7-16-8-20(33)4-5-24(16)42)3-6-25-26-17(14-41)9-22-27(23(26)13-32(45)46-25)29(44)40(28(22)43)21-11-18(30(34,35)36)10-19(12-21)31(37,38)39/h4-5,7-8,10-12,22-23,25,27,41-42,45H,2-3,6,9,13-14H2,1H3/b15-7+/t22-,23+,25-,27-/m1/s1. The molecule has 0 saturated carbocycles. The normalized spacial score (nSPS) is 24.1. The maximum atomic E-state index is 13.8. The van der Waals surface area contributed by atoms with E-state index in [1.165, 1.54) is 6.07 Å². The minimum Gasteiger partial charge on any atom is -0.507 e. The second kappa shape index (κ2) is 12.8. The van der Waals surface area contributed by atoms with Crippen molar-refractivity contribution in [2.24, 2.45) is 17.8 Å². The number of aliphatic hydroxyl groups is 1. The van der Waals surface area contributed by atoms with Crippen molar-refractivity contribution in [1.82, 2.24) is 0 Å². The van der Waals surface area contributed by atoms with E-state index >= 15 is 0 Å². The summed E-state index contributed by atoms with van der Waals surface area (Å²) in [6, 6.07) is 5.57. The predicted octanol–water partition coefficient (Wildman–Crippen LogP) is 6.76. The van der Waals surface area contributed by atoms with Crippen LogP contribution in [0.5, 0.6) is 5.75 Å². The van der Waals surface area contributed by atoms with E-state index in [4.69, 9.17) is 4.65 Å². The lowest BCUT2D eigenvalue weighted by molar-refractivity contribution is -0.143. The minimum atomic E-state index is -5.19. The number of anilines is 1. The van der Waals surface area contributed by atoms with E-state index in [9.17, 15) is 51.2 Å². The Labute approximate surface area is 268 Å². The quantitative estimate of drug-likeness (QED) is 0.127. The van der Waals surface area contributed by atoms with Gasteiger partial charge in [0.05, 0.1) is 41.4 Å². The number of hydrogen-bond donors (Lipinski definition) is 3. The second-order valence-corrected chi connectivity index (χ2v) is 12.6. The van der Waals surface area contributed by atoms with Crippen molar-refractivity contribution in [3.63, 3.8) is 0 Å². The van der Waals surface area contributed by atoms with Crippen LogP contribution in [-0.2, 0) is 26.6 Å². The number of phenols is 1. The topological polar surface area (TPSA) is 107 Å². The molecule has 0 spiro atoms. The van der Waals surface area contributed by atoms with Gasteiger partial charge in [0.25, 0.3) is 0 Å². The molecule has 2 aromatic rings. The molecular weight excluding hydrogens is 687 g/mol. The fourth-order valence-corrected chi connectivity index (χ4v) is 7.14. The first-order valence-corrected chi connectivity index (χ1v) is 15.3. The molecule has 2 amide bonds. The number of rotatable bonds is 7. The molecule has 5 rings (SSSR count). The van der Waals surface area contributed by atoms with Crippen LogP contribution in [0.1, 0.15) is 49.3 Å². The summed E-state index contributed by atoms with van der Waals surface area (Å²) in [5, 5.41) is 31.3. The third-order valence-electron chi connectivity index (χ3n) is 8.86. The van der Waals surface area contributed by atoms with E-state index in [0.717, 1.165) is 10.0 Å². The van der Waals surface area contributed by atoms with Crippen LogP contribution in [-0.4, -0.2) is 46.9 Å². The number of phenolic OH excluding ortho intramolecular Hbond substituents is 1. The summed E-state index contributed by atoms with van der Waals surface area (Å²) in [6.07, 6.45) is -8.38. The highest BCUT2D eigenvalue weighted by atomic mass is 79.9. The van der Waals surface area contributed by atoms with Crippen LogP contribution in [0.4, 0.5) is 32.0 Å². The van der Waals surface area contributed by atoms with Crippen LogP contribution in [0, 0.1) is 17.8 Å². The molecule has 1 aliphatic carbocycles. The van der Waals surface area contributed by atoms with Crippen LogP contribution in [0.3, 0.4) is 0 Å². The smallest absolute Gasteiger partial charge is 0.455 e. The van der Waals surface area contributed by atoms with Crippen molar-refractivity contribution < 1.29 is 55.8 Å². The van der Waals surface area contributed by atoms with E-state index < -0.39 is 78.6 Å². The van der Waals surface area contributed by atoms with E-state index in [1.807, 2.05) is 13.0 Å². The monoisotopic (exact) mass is 715 g/mol. The van der Waals surface area contributed by atoms with E-state index in [-0.39, 0.29) is 31.0 Å². The number of allylic oxidation sites excluding steroid dienone is 1. The Kier molecular flexibility index (Phi) is 9.53. The molecule has 2 aliphatic heterocycles. The number of hydrogen-bond acceptors (Lipinski definition) is 6. The van der Waals surface area contributed by atoms with Crippen LogP contribution in [0.2, 0.25) is 6.32 Å². The zero-order chi connectivity index (χ0) is 33.7. The maximum Gasteiger partial charge on any atom is 0.455 e. The molecular formula is C31H29BBrF6NO6. The average Bonchev–Trinajstić information content (AvgIpc) is 3.24. The summed E-state index contributed by atoms with van der Waals surface area (Å²) >= 11 is 3.37. The molecule has 4 atom stereocenters. The first-order chi connectivity index (χ1) is 21.5. The molecule has 7 nitrogen and oxygen atoms in total. The number of aliphatic hydroxyl groups excluding tert-OH is 1. The van der Waals surface area contributed by atoms with Gasteiger partial charge in [0.2, 0.25) is 11.8 Å². The minimum absolute atomic E-state index is 0.0687. The first kappa shape index (κ1) is 34.2. The van der Waals surface area contributed by atoms with Gasteiger partial charge in [-0.2, -0.15) is 26.3 Å². The van der Waals surface area contributed by atoms with Crippen LogP contribution < -0.4 is 4.90 Å². The van der Waals surface area contributed by atoms with Gasteiger partial charge >= 0.3 is 19.5 Å². The van der Waals surface area contributed by atoms with Crippen molar-refractivity contribution in [3.05, 3.63) is 74.3 Å². The Balaban J connectivity index is 1.47.